The third-order valence-electron chi connectivity index (χ3n) is 4.52. The van der Waals surface area contributed by atoms with Gasteiger partial charge in [0.05, 0.1) is 4.90 Å². The lowest BCUT2D eigenvalue weighted by Crippen LogP contribution is -2.44. The highest BCUT2D eigenvalue weighted by molar-refractivity contribution is 8.00. The van der Waals surface area contributed by atoms with Crippen LogP contribution in [0.25, 0.3) is 0 Å². The van der Waals surface area contributed by atoms with E-state index in [1.54, 1.807) is 23.9 Å². The molecule has 0 aliphatic carbocycles. The van der Waals surface area contributed by atoms with Gasteiger partial charge in [0, 0.05) is 34.4 Å². The zero-order valence-electron chi connectivity index (χ0n) is 14.6. The molecule has 7 heteroatoms. The van der Waals surface area contributed by atoms with E-state index in [1.165, 1.54) is 6.07 Å². The first-order valence-corrected chi connectivity index (χ1v) is 11.2. The van der Waals surface area contributed by atoms with Crippen molar-refractivity contribution in [1.29, 1.82) is 0 Å². The van der Waals surface area contributed by atoms with E-state index >= 15 is 0 Å². The van der Waals surface area contributed by atoms with E-state index in [9.17, 15) is 8.42 Å². The second-order valence-electron chi connectivity index (χ2n) is 6.45. The van der Waals surface area contributed by atoms with Crippen LogP contribution in [0.2, 0.25) is 5.02 Å². The molecule has 1 saturated heterocycles. The normalized spacial score (nSPS) is 17.2. The summed E-state index contributed by atoms with van der Waals surface area (Å²) in [6.45, 7) is 3.47. The molecule has 0 atom stereocenters. The number of nitrogens with one attached hydrogen (secondary N) is 1. The van der Waals surface area contributed by atoms with Crippen molar-refractivity contribution in [1.82, 2.24) is 4.72 Å². The predicted octanol–water partition coefficient (Wildman–Crippen LogP) is 4.27. The van der Waals surface area contributed by atoms with E-state index < -0.39 is 10.0 Å². The fraction of sp³-hybridized carbons (Fsp3) is 0.368. The van der Waals surface area contributed by atoms with E-state index in [-0.39, 0.29) is 9.64 Å². The van der Waals surface area contributed by atoms with Gasteiger partial charge in [0.1, 0.15) is 0 Å². The van der Waals surface area contributed by atoms with E-state index in [1.807, 2.05) is 25.1 Å². The molecule has 1 heterocycles. The van der Waals surface area contributed by atoms with Gasteiger partial charge in [-0.2, -0.15) is 0 Å². The van der Waals surface area contributed by atoms with Gasteiger partial charge in [-0.3, -0.25) is 0 Å². The van der Waals surface area contributed by atoms with Gasteiger partial charge in [-0.25, -0.2) is 13.1 Å². The van der Waals surface area contributed by atoms with Crippen molar-refractivity contribution >= 4 is 33.4 Å². The quantitative estimate of drug-likeness (QED) is 0.771. The van der Waals surface area contributed by atoms with Crippen molar-refractivity contribution in [2.24, 2.45) is 0 Å². The molecule has 0 bridgehead atoms. The largest absolute Gasteiger partial charge is 0.381 e. The van der Waals surface area contributed by atoms with Crippen molar-refractivity contribution in [3.63, 3.8) is 0 Å². The fourth-order valence-corrected chi connectivity index (χ4v) is 5.65. The maximum absolute atomic E-state index is 12.7. The van der Waals surface area contributed by atoms with Crippen LogP contribution in [0.3, 0.4) is 0 Å². The van der Waals surface area contributed by atoms with Crippen molar-refractivity contribution in [2.45, 2.75) is 34.3 Å². The lowest BCUT2D eigenvalue weighted by Gasteiger charge is -2.36. The molecule has 0 amide bonds. The highest BCUT2D eigenvalue weighted by Crippen LogP contribution is 2.40. The summed E-state index contributed by atoms with van der Waals surface area (Å²) < 4.78 is 33.5. The molecule has 0 saturated carbocycles. The summed E-state index contributed by atoms with van der Waals surface area (Å²) in [6.07, 6.45) is 1.59. The maximum atomic E-state index is 12.7. The zero-order chi connectivity index (χ0) is 18.6. The number of thioether (sulfide) groups is 1. The van der Waals surface area contributed by atoms with Crippen LogP contribution in [0.15, 0.2) is 58.3 Å². The maximum Gasteiger partial charge on any atom is 0.240 e. The molecule has 140 valence electrons. The summed E-state index contributed by atoms with van der Waals surface area (Å²) in [6, 6.07) is 14.9. The summed E-state index contributed by atoms with van der Waals surface area (Å²) in [7, 11) is -3.62. The Hall–Kier alpha value is -1.05. The molecule has 1 aliphatic heterocycles. The van der Waals surface area contributed by atoms with Crippen molar-refractivity contribution in [3.8, 4) is 0 Å². The molecule has 1 aliphatic rings. The number of halogens is 1. The minimum atomic E-state index is -3.62. The molecule has 3 rings (SSSR count). The van der Waals surface area contributed by atoms with Crippen LogP contribution in [-0.4, -0.2) is 32.9 Å². The molecular formula is C19H22ClNO3S2. The van der Waals surface area contributed by atoms with Crippen LogP contribution in [0.5, 0.6) is 0 Å². The lowest BCUT2D eigenvalue weighted by molar-refractivity contribution is 0.0784. The first kappa shape index (κ1) is 19.7. The molecule has 0 aromatic heterocycles. The van der Waals surface area contributed by atoms with Crippen LogP contribution < -0.4 is 4.72 Å². The Morgan fingerprint density at radius 1 is 1.15 bits per heavy atom. The molecule has 26 heavy (non-hydrogen) atoms. The van der Waals surface area contributed by atoms with Gasteiger partial charge < -0.3 is 4.74 Å². The Morgan fingerprint density at radius 3 is 2.50 bits per heavy atom. The van der Waals surface area contributed by atoms with Crippen LogP contribution >= 0.6 is 23.4 Å². The highest BCUT2D eigenvalue weighted by atomic mass is 35.5. The van der Waals surface area contributed by atoms with Gasteiger partial charge >= 0.3 is 0 Å². The fourth-order valence-electron chi connectivity index (χ4n) is 2.85. The number of hydrogen-bond acceptors (Lipinski definition) is 4. The molecule has 4 nitrogen and oxygen atoms in total. The number of ether oxygens (including phenoxy) is 1. The highest BCUT2D eigenvalue weighted by Gasteiger charge is 2.35. The molecule has 2 aromatic rings. The van der Waals surface area contributed by atoms with Crippen molar-refractivity contribution in [3.05, 3.63) is 59.1 Å². The monoisotopic (exact) mass is 411 g/mol. The van der Waals surface area contributed by atoms with Crippen molar-refractivity contribution in [2.75, 3.05) is 19.8 Å². The second kappa shape index (κ2) is 8.31. The Balaban J connectivity index is 1.77. The van der Waals surface area contributed by atoms with E-state index in [0.29, 0.717) is 24.8 Å². The summed E-state index contributed by atoms with van der Waals surface area (Å²) >= 11 is 7.81. The predicted molar refractivity (Wildman–Crippen MR) is 106 cm³/mol. The number of hydrogen-bond donors (Lipinski definition) is 1. The average molecular weight is 412 g/mol. The van der Waals surface area contributed by atoms with Crippen LogP contribution in [0.1, 0.15) is 18.4 Å². The summed E-state index contributed by atoms with van der Waals surface area (Å²) in [5.74, 6) is 0. The number of sulfonamides is 1. The molecule has 1 N–H and O–H groups in total. The van der Waals surface area contributed by atoms with Crippen LogP contribution in [0, 0.1) is 6.92 Å². The van der Waals surface area contributed by atoms with E-state index in [4.69, 9.17) is 16.3 Å². The first-order valence-electron chi connectivity index (χ1n) is 8.48. The third kappa shape index (κ3) is 4.81. The van der Waals surface area contributed by atoms with Crippen LogP contribution in [-0.2, 0) is 14.8 Å². The van der Waals surface area contributed by atoms with E-state index in [2.05, 4.69) is 16.9 Å². The van der Waals surface area contributed by atoms with Gasteiger partial charge in [0.25, 0.3) is 0 Å². The Morgan fingerprint density at radius 2 is 1.85 bits per heavy atom. The van der Waals surface area contributed by atoms with Gasteiger partial charge in [0.15, 0.2) is 0 Å². The number of rotatable bonds is 6. The third-order valence-corrected chi connectivity index (χ3v) is 7.82. The van der Waals surface area contributed by atoms with Gasteiger partial charge in [-0.05, 0) is 49.6 Å². The summed E-state index contributed by atoms with van der Waals surface area (Å²) in [5.41, 5.74) is 0.853. The lowest BCUT2D eigenvalue weighted by atomic mass is 9.99. The van der Waals surface area contributed by atoms with Gasteiger partial charge in [0.2, 0.25) is 10.0 Å². The van der Waals surface area contributed by atoms with E-state index in [0.717, 1.165) is 23.3 Å². The SMILES string of the molecule is Cc1ccc(S(=O)(=O)NCC2(Sc3ccccc3)CCOCC2)cc1Cl. The minimum absolute atomic E-state index is 0.194. The summed E-state index contributed by atoms with van der Waals surface area (Å²) in [5, 5.41) is 0.451. The Bertz CT molecular complexity index is 850. The van der Waals surface area contributed by atoms with Gasteiger partial charge in [-0.1, -0.05) is 35.9 Å². The Kier molecular flexibility index (Phi) is 6.30. The molecule has 2 aromatic carbocycles. The standard InChI is InChI=1S/C19H22ClNO3S2/c1-15-7-8-17(13-18(15)20)26(22,23)21-14-19(9-11-24-12-10-19)25-16-5-3-2-4-6-16/h2-8,13,21H,9-12,14H2,1H3. The molecular weight excluding hydrogens is 390 g/mol. The minimum Gasteiger partial charge on any atom is -0.381 e. The zero-order valence-corrected chi connectivity index (χ0v) is 17.0. The second-order valence-corrected chi connectivity index (χ2v) is 10.2. The molecule has 1 fully saturated rings. The number of aryl methyl sites for hydroxylation is 1. The topological polar surface area (TPSA) is 55.4 Å². The first-order chi connectivity index (χ1) is 12.4. The molecule has 0 unspecified atom stereocenters. The van der Waals surface area contributed by atoms with Crippen molar-refractivity contribution < 1.29 is 13.2 Å². The molecule has 0 spiro atoms. The smallest absolute Gasteiger partial charge is 0.240 e. The number of benzene rings is 2. The van der Waals surface area contributed by atoms with Gasteiger partial charge in [-0.15, -0.1) is 11.8 Å². The average Bonchev–Trinajstić information content (AvgIpc) is 2.64. The molecule has 0 radical (unpaired) electrons. The summed E-state index contributed by atoms with van der Waals surface area (Å²) in [4.78, 5) is 1.33. The van der Waals surface area contributed by atoms with Crippen LogP contribution in [0.4, 0.5) is 0 Å². The Labute approximate surface area is 164 Å².